The van der Waals surface area contributed by atoms with Crippen molar-refractivity contribution in [3.8, 4) is 0 Å². The lowest BCUT2D eigenvalue weighted by Crippen LogP contribution is -1.68. The van der Waals surface area contributed by atoms with Gasteiger partial charge in [0.25, 0.3) is 0 Å². The van der Waals surface area contributed by atoms with Crippen molar-refractivity contribution in [2.24, 2.45) is 0 Å². The van der Waals surface area contributed by atoms with Gasteiger partial charge in [-0.15, -0.1) is 0 Å². The molecule has 0 fully saturated rings. The third-order valence-electron chi connectivity index (χ3n) is 0.285. The van der Waals surface area contributed by atoms with Crippen LogP contribution in [0.3, 0.4) is 0 Å². The highest BCUT2D eigenvalue weighted by Gasteiger charge is 1.69. The standard InChI is InChI=1S/C5H8O.C2H6/c1-4-6-5(2)3;1-2/h4H,1-2H2,3H3;1-2H3. The molecule has 0 aromatic heterocycles. The minimum atomic E-state index is 0.671. The van der Waals surface area contributed by atoms with Gasteiger partial charge in [0.1, 0.15) is 0 Å². The second-order valence-corrected chi connectivity index (χ2v) is 0.987. The Kier molecular flexibility index (Phi) is 12.3. The van der Waals surface area contributed by atoms with Gasteiger partial charge < -0.3 is 4.74 Å². The Labute approximate surface area is 51.7 Å². The topological polar surface area (TPSA) is 9.23 Å². The van der Waals surface area contributed by atoms with Crippen LogP contribution in [0.4, 0.5) is 0 Å². The highest BCUT2D eigenvalue weighted by molar-refractivity contribution is 4.76. The zero-order chi connectivity index (χ0) is 6.99. The van der Waals surface area contributed by atoms with Crippen molar-refractivity contribution in [3.05, 3.63) is 25.2 Å². The van der Waals surface area contributed by atoms with E-state index in [9.17, 15) is 0 Å². The van der Waals surface area contributed by atoms with Gasteiger partial charge >= 0.3 is 0 Å². The Morgan fingerprint density at radius 3 is 1.88 bits per heavy atom. The number of rotatable bonds is 2. The maximum absolute atomic E-state index is 4.61. The molecule has 1 nitrogen and oxygen atoms in total. The Morgan fingerprint density at radius 1 is 1.50 bits per heavy atom. The number of allylic oxidation sites excluding steroid dienone is 1. The minimum Gasteiger partial charge on any atom is -0.471 e. The van der Waals surface area contributed by atoms with Crippen molar-refractivity contribution < 1.29 is 4.74 Å². The largest absolute Gasteiger partial charge is 0.471 e. The number of ether oxygens (including phenoxy) is 1. The second kappa shape index (κ2) is 9.56. The third kappa shape index (κ3) is 18.6. The van der Waals surface area contributed by atoms with E-state index in [1.807, 2.05) is 13.8 Å². The van der Waals surface area contributed by atoms with Crippen LogP contribution in [0.1, 0.15) is 20.8 Å². The van der Waals surface area contributed by atoms with E-state index in [1.165, 1.54) is 6.26 Å². The zero-order valence-electron chi connectivity index (χ0n) is 5.90. The molecule has 0 spiro atoms. The Balaban J connectivity index is 0. The first-order valence-corrected chi connectivity index (χ1v) is 2.70. The van der Waals surface area contributed by atoms with Crippen LogP contribution in [0.2, 0.25) is 0 Å². The summed E-state index contributed by atoms with van der Waals surface area (Å²) in [6.07, 6.45) is 1.35. The van der Waals surface area contributed by atoms with Gasteiger partial charge in [-0.2, -0.15) is 0 Å². The van der Waals surface area contributed by atoms with E-state index in [0.717, 1.165) is 0 Å². The van der Waals surface area contributed by atoms with E-state index in [2.05, 4.69) is 17.9 Å². The number of hydrogen-bond acceptors (Lipinski definition) is 1. The summed E-state index contributed by atoms with van der Waals surface area (Å²) in [5.41, 5.74) is 0. The van der Waals surface area contributed by atoms with Crippen LogP contribution < -0.4 is 0 Å². The smallest absolute Gasteiger partial charge is 0.0929 e. The first-order valence-electron chi connectivity index (χ1n) is 2.70. The molecule has 8 heavy (non-hydrogen) atoms. The van der Waals surface area contributed by atoms with Crippen LogP contribution in [0.15, 0.2) is 25.2 Å². The molecule has 0 aliphatic carbocycles. The van der Waals surface area contributed by atoms with Gasteiger partial charge in [-0.1, -0.05) is 27.0 Å². The van der Waals surface area contributed by atoms with Crippen LogP contribution in [0.5, 0.6) is 0 Å². The maximum Gasteiger partial charge on any atom is 0.0929 e. The highest BCUT2D eigenvalue weighted by Crippen LogP contribution is 1.86. The molecular weight excluding hydrogens is 100 g/mol. The summed E-state index contributed by atoms with van der Waals surface area (Å²) in [6.45, 7) is 12.5. The van der Waals surface area contributed by atoms with E-state index < -0.39 is 0 Å². The zero-order valence-corrected chi connectivity index (χ0v) is 5.90. The van der Waals surface area contributed by atoms with Crippen LogP contribution in [-0.4, -0.2) is 0 Å². The summed E-state index contributed by atoms with van der Waals surface area (Å²) in [6, 6.07) is 0. The van der Waals surface area contributed by atoms with Gasteiger partial charge in [0.05, 0.1) is 12.0 Å². The average Bonchev–Trinajstić information content (AvgIpc) is 1.72. The van der Waals surface area contributed by atoms with E-state index in [4.69, 9.17) is 0 Å². The molecule has 0 aromatic rings. The molecule has 0 amide bonds. The highest BCUT2D eigenvalue weighted by atomic mass is 16.5. The average molecular weight is 114 g/mol. The van der Waals surface area contributed by atoms with Gasteiger partial charge in [0, 0.05) is 0 Å². The lowest BCUT2D eigenvalue weighted by atomic mass is 10.7. The quantitative estimate of drug-likeness (QED) is 0.501. The SMILES string of the molecule is C=COC(=C)C.CC. The van der Waals surface area contributed by atoms with Gasteiger partial charge in [-0.05, 0) is 6.92 Å². The first kappa shape index (κ1) is 10.3. The molecule has 48 valence electrons. The third-order valence-corrected chi connectivity index (χ3v) is 0.285. The summed E-state index contributed by atoms with van der Waals surface area (Å²) in [5, 5.41) is 0. The van der Waals surface area contributed by atoms with Gasteiger partial charge in [-0.25, -0.2) is 0 Å². The van der Waals surface area contributed by atoms with Crippen molar-refractivity contribution in [2.45, 2.75) is 20.8 Å². The molecule has 0 bridgehead atoms. The fraction of sp³-hybridized carbons (Fsp3) is 0.429. The molecule has 0 saturated carbocycles. The summed E-state index contributed by atoms with van der Waals surface area (Å²) < 4.78 is 4.61. The molecule has 0 N–H and O–H groups in total. The first-order chi connectivity index (χ1) is 3.77. The van der Waals surface area contributed by atoms with E-state index in [1.54, 1.807) is 6.92 Å². The Hall–Kier alpha value is -0.720. The lowest BCUT2D eigenvalue weighted by Gasteiger charge is -1.90. The van der Waals surface area contributed by atoms with Crippen LogP contribution in [0.25, 0.3) is 0 Å². The van der Waals surface area contributed by atoms with Crippen molar-refractivity contribution >= 4 is 0 Å². The molecule has 0 aliphatic rings. The Morgan fingerprint density at radius 2 is 1.88 bits per heavy atom. The molecule has 0 unspecified atom stereocenters. The molecule has 0 aliphatic heterocycles. The van der Waals surface area contributed by atoms with Crippen molar-refractivity contribution in [1.82, 2.24) is 0 Å². The Bertz CT molecular complexity index is 64.8. The predicted molar refractivity (Wildman–Crippen MR) is 37.4 cm³/mol. The summed E-state index contributed by atoms with van der Waals surface area (Å²) >= 11 is 0. The van der Waals surface area contributed by atoms with Gasteiger partial charge in [0.2, 0.25) is 0 Å². The minimum absolute atomic E-state index is 0.671. The van der Waals surface area contributed by atoms with E-state index >= 15 is 0 Å². The number of hydrogen-bond donors (Lipinski definition) is 0. The summed E-state index contributed by atoms with van der Waals surface area (Å²) in [5.74, 6) is 0.671. The van der Waals surface area contributed by atoms with Crippen LogP contribution in [-0.2, 0) is 4.74 Å². The molecule has 0 saturated heterocycles. The fourth-order valence-corrected chi connectivity index (χ4v) is 0.142. The molecule has 0 heterocycles. The summed E-state index contributed by atoms with van der Waals surface area (Å²) in [7, 11) is 0. The predicted octanol–water partition coefficient (Wildman–Crippen LogP) is 2.71. The fourth-order valence-electron chi connectivity index (χ4n) is 0.142. The van der Waals surface area contributed by atoms with Crippen LogP contribution >= 0.6 is 0 Å². The van der Waals surface area contributed by atoms with Crippen molar-refractivity contribution in [3.63, 3.8) is 0 Å². The lowest BCUT2D eigenvalue weighted by molar-refractivity contribution is 0.357. The van der Waals surface area contributed by atoms with Gasteiger partial charge in [0.15, 0.2) is 0 Å². The molecule has 1 heteroatoms. The van der Waals surface area contributed by atoms with Crippen molar-refractivity contribution in [1.29, 1.82) is 0 Å². The molecule has 0 radical (unpaired) electrons. The van der Waals surface area contributed by atoms with Crippen LogP contribution in [0, 0.1) is 0 Å². The summed E-state index contributed by atoms with van der Waals surface area (Å²) in [4.78, 5) is 0. The second-order valence-electron chi connectivity index (χ2n) is 0.987. The van der Waals surface area contributed by atoms with Crippen molar-refractivity contribution in [2.75, 3.05) is 0 Å². The molecule has 0 atom stereocenters. The molecular formula is C7H14O. The van der Waals surface area contributed by atoms with Gasteiger partial charge in [-0.3, -0.25) is 0 Å². The monoisotopic (exact) mass is 114 g/mol. The van der Waals surface area contributed by atoms with E-state index in [-0.39, 0.29) is 0 Å². The maximum atomic E-state index is 4.61. The normalized spacial score (nSPS) is 5.88. The molecule has 0 rings (SSSR count). The molecule has 0 aromatic carbocycles. The van der Waals surface area contributed by atoms with E-state index in [0.29, 0.717) is 5.76 Å².